The first-order valence-electron chi connectivity index (χ1n) is 9.10. The maximum atomic E-state index is 12.1. The molecule has 0 saturated carbocycles. The largest absolute Gasteiger partial charge is 0.493 e. The molecule has 1 amide bonds. The van der Waals surface area contributed by atoms with Gasteiger partial charge in [0.25, 0.3) is 0 Å². The van der Waals surface area contributed by atoms with Crippen LogP contribution in [0.4, 0.5) is 0 Å². The number of rotatable bonds is 8. The van der Waals surface area contributed by atoms with Crippen molar-refractivity contribution < 1.29 is 9.53 Å². The van der Waals surface area contributed by atoms with Gasteiger partial charge in [-0.05, 0) is 43.0 Å². The second-order valence-electron chi connectivity index (χ2n) is 7.89. The molecule has 0 radical (unpaired) electrons. The van der Waals surface area contributed by atoms with Crippen molar-refractivity contribution in [2.45, 2.75) is 58.4 Å². The van der Waals surface area contributed by atoms with E-state index >= 15 is 0 Å². The fourth-order valence-corrected chi connectivity index (χ4v) is 2.91. The summed E-state index contributed by atoms with van der Waals surface area (Å²) in [6, 6.07) is 8.58. The second-order valence-corrected chi connectivity index (χ2v) is 7.89. The highest BCUT2D eigenvalue weighted by molar-refractivity contribution is 5.76. The maximum Gasteiger partial charge on any atom is 0.221 e. The van der Waals surface area contributed by atoms with Crippen LogP contribution in [-0.4, -0.2) is 31.6 Å². The Kier molecular flexibility index (Phi) is 6.67. The molecule has 4 heteroatoms. The highest BCUT2D eigenvalue weighted by Gasteiger charge is 2.23. The van der Waals surface area contributed by atoms with Gasteiger partial charge in [0, 0.05) is 24.4 Å². The van der Waals surface area contributed by atoms with Crippen LogP contribution in [0.2, 0.25) is 0 Å². The smallest absolute Gasteiger partial charge is 0.221 e. The Morgan fingerprint density at radius 3 is 2.62 bits per heavy atom. The molecule has 1 heterocycles. The molecule has 2 N–H and O–H groups in total. The van der Waals surface area contributed by atoms with E-state index in [2.05, 4.69) is 50.5 Å². The predicted octanol–water partition coefficient (Wildman–Crippen LogP) is 3.26. The molecular formula is C20H32N2O2. The normalized spacial score (nSPS) is 18.0. The van der Waals surface area contributed by atoms with Gasteiger partial charge in [-0.25, -0.2) is 0 Å². The van der Waals surface area contributed by atoms with Gasteiger partial charge in [-0.3, -0.25) is 4.79 Å². The number of amides is 1. The zero-order valence-corrected chi connectivity index (χ0v) is 15.5. The summed E-state index contributed by atoms with van der Waals surface area (Å²) in [7, 11) is 0. The third-order valence-electron chi connectivity index (χ3n) is 4.54. The van der Waals surface area contributed by atoms with E-state index in [1.54, 1.807) is 0 Å². The molecule has 0 aliphatic carbocycles. The number of hydrogen-bond donors (Lipinski definition) is 2. The van der Waals surface area contributed by atoms with Gasteiger partial charge in [-0.1, -0.05) is 39.8 Å². The summed E-state index contributed by atoms with van der Waals surface area (Å²) in [6.45, 7) is 11.0. The first-order chi connectivity index (χ1) is 11.4. The zero-order valence-electron chi connectivity index (χ0n) is 15.5. The number of hydrogen-bond acceptors (Lipinski definition) is 3. The van der Waals surface area contributed by atoms with Gasteiger partial charge < -0.3 is 15.4 Å². The Morgan fingerprint density at radius 1 is 1.33 bits per heavy atom. The van der Waals surface area contributed by atoms with Gasteiger partial charge in [0.1, 0.15) is 5.75 Å². The standard InChI is InChI=1S/C20H32N2O2/c1-15(2)13-24-18-9-7-16(8-10-18)20(3,4)14-22-19(23)12-17-6-5-11-21-17/h7-10,15,17,21H,5-6,11-14H2,1-4H3,(H,22,23). The number of benzene rings is 1. The first kappa shape index (κ1) is 18.8. The van der Waals surface area contributed by atoms with Crippen LogP contribution in [0.5, 0.6) is 5.75 Å². The van der Waals surface area contributed by atoms with E-state index in [0.29, 0.717) is 24.9 Å². The molecule has 1 saturated heterocycles. The maximum absolute atomic E-state index is 12.1. The quantitative estimate of drug-likeness (QED) is 0.768. The van der Waals surface area contributed by atoms with Crippen LogP contribution in [0.1, 0.15) is 52.5 Å². The Bertz CT molecular complexity index is 517. The van der Waals surface area contributed by atoms with Crippen molar-refractivity contribution in [3.8, 4) is 5.75 Å². The number of nitrogens with one attached hydrogen (secondary N) is 2. The van der Waals surface area contributed by atoms with E-state index < -0.39 is 0 Å². The Balaban J connectivity index is 1.83. The minimum absolute atomic E-state index is 0.102. The summed E-state index contributed by atoms with van der Waals surface area (Å²) in [4.78, 5) is 12.1. The van der Waals surface area contributed by atoms with E-state index in [1.165, 1.54) is 12.0 Å². The van der Waals surface area contributed by atoms with E-state index in [1.807, 2.05) is 12.1 Å². The third kappa shape index (κ3) is 5.82. The summed E-state index contributed by atoms with van der Waals surface area (Å²) in [5, 5.41) is 6.46. The van der Waals surface area contributed by atoms with Crippen LogP contribution in [0.25, 0.3) is 0 Å². The van der Waals surface area contributed by atoms with E-state index in [-0.39, 0.29) is 11.3 Å². The summed E-state index contributed by atoms with van der Waals surface area (Å²) in [5.74, 6) is 1.56. The molecule has 1 unspecified atom stereocenters. The van der Waals surface area contributed by atoms with Crippen LogP contribution in [0.3, 0.4) is 0 Å². The molecule has 1 atom stereocenters. The molecule has 1 aliphatic rings. The molecule has 0 bridgehead atoms. The molecule has 2 rings (SSSR count). The molecule has 1 aliphatic heterocycles. The average molecular weight is 332 g/mol. The highest BCUT2D eigenvalue weighted by atomic mass is 16.5. The fourth-order valence-electron chi connectivity index (χ4n) is 2.91. The molecule has 1 aromatic carbocycles. The van der Waals surface area contributed by atoms with Crippen LogP contribution < -0.4 is 15.4 Å². The lowest BCUT2D eigenvalue weighted by molar-refractivity contribution is -0.121. The van der Waals surface area contributed by atoms with E-state index in [0.717, 1.165) is 25.3 Å². The molecular weight excluding hydrogens is 300 g/mol. The van der Waals surface area contributed by atoms with E-state index in [4.69, 9.17) is 4.74 Å². The minimum atomic E-state index is -0.102. The lowest BCUT2D eigenvalue weighted by Gasteiger charge is -2.26. The molecule has 134 valence electrons. The van der Waals surface area contributed by atoms with Gasteiger partial charge in [0.2, 0.25) is 5.91 Å². The molecule has 24 heavy (non-hydrogen) atoms. The van der Waals surface area contributed by atoms with Gasteiger partial charge in [0.05, 0.1) is 6.61 Å². The van der Waals surface area contributed by atoms with Crippen LogP contribution in [-0.2, 0) is 10.2 Å². The number of carbonyl (C=O) groups excluding carboxylic acids is 1. The highest BCUT2D eigenvalue weighted by Crippen LogP contribution is 2.25. The summed E-state index contributed by atoms with van der Waals surface area (Å²) >= 11 is 0. The molecule has 1 aromatic rings. The summed E-state index contributed by atoms with van der Waals surface area (Å²) < 4.78 is 5.73. The van der Waals surface area contributed by atoms with Gasteiger partial charge in [-0.15, -0.1) is 0 Å². The monoisotopic (exact) mass is 332 g/mol. The van der Waals surface area contributed by atoms with Crippen molar-refractivity contribution in [3.63, 3.8) is 0 Å². The topological polar surface area (TPSA) is 50.4 Å². The SMILES string of the molecule is CC(C)COc1ccc(C(C)(C)CNC(=O)CC2CCCN2)cc1. The summed E-state index contributed by atoms with van der Waals surface area (Å²) in [5.41, 5.74) is 1.11. The minimum Gasteiger partial charge on any atom is -0.493 e. The third-order valence-corrected chi connectivity index (χ3v) is 4.54. The average Bonchev–Trinajstić information content (AvgIpc) is 3.04. The van der Waals surface area contributed by atoms with Gasteiger partial charge in [-0.2, -0.15) is 0 Å². The molecule has 0 spiro atoms. The van der Waals surface area contributed by atoms with Gasteiger partial charge in [0.15, 0.2) is 0 Å². The van der Waals surface area contributed by atoms with E-state index in [9.17, 15) is 4.79 Å². The van der Waals surface area contributed by atoms with Gasteiger partial charge >= 0.3 is 0 Å². The van der Waals surface area contributed by atoms with Crippen molar-refractivity contribution >= 4 is 5.91 Å². The Labute approximate surface area is 146 Å². The molecule has 4 nitrogen and oxygen atoms in total. The summed E-state index contributed by atoms with van der Waals surface area (Å²) in [6.07, 6.45) is 2.86. The van der Waals surface area contributed by atoms with Crippen molar-refractivity contribution in [1.29, 1.82) is 0 Å². The lowest BCUT2D eigenvalue weighted by Crippen LogP contribution is -2.39. The molecule has 1 fully saturated rings. The predicted molar refractivity (Wildman–Crippen MR) is 98.5 cm³/mol. The molecule has 0 aromatic heterocycles. The number of carbonyl (C=O) groups is 1. The second kappa shape index (κ2) is 8.52. The van der Waals surface area contributed by atoms with Crippen molar-refractivity contribution in [2.24, 2.45) is 5.92 Å². The van der Waals surface area contributed by atoms with Crippen LogP contribution >= 0.6 is 0 Å². The van der Waals surface area contributed by atoms with Crippen molar-refractivity contribution in [2.75, 3.05) is 19.7 Å². The van der Waals surface area contributed by atoms with Crippen LogP contribution in [0, 0.1) is 5.92 Å². The Hall–Kier alpha value is -1.55. The first-order valence-corrected chi connectivity index (χ1v) is 9.10. The van der Waals surface area contributed by atoms with Crippen LogP contribution in [0.15, 0.2) is 24.3 Å². The van der Waals surface area contributed by atoms with Crippen molar-refractivity contribution in [3.05, 3.63) is 29.8 Å². The fraction of sp³-hybridized carbons (Fsp3) is 0.650. The van der Waals surface area contributed by atoms with Crippen molar-refractivity contribution in [1.82, 2.24) is 10.6 Å². The number of ether oxygens (including phenoxy) is 1. The Morgan fingerprint density at radius 2 is 2.04 bits per heavy atom. The lowest BCUT2D eigenvalue weighted by atomic mass is 9.84. The zero-order chi connectivity index (χ0) is 17.6.